The number of carbonyl (C=O) groups is 1. The van der Waals surface area contributed by atoms with Gasteiger partial charge < -0.3 is 30.1 Å². The molecule has 0 spiro atoms. The number of nitrogens with zero attached hydrogens (tertiary/aromatic N) is 2. The maximum atomic E-state index is 12.7. The number of nitrogens with one attached hydrogen (secondary N) is 2. The number of aliphatic hydroxyl groups excluding tert-OH is 1. The average Bonchev–Trinajstić information content (AvgIpc) is 3.48. The van der Waals surface area contributed by atoms with Crippen LogP contribution in [-0.4, -0.2) is 67.9 Å². The largest absolute Gasteiger partial charge is 0.493 e. The molecule has 1 aromatic carbocycles. The third kappa shape index (κ3) is 6.50. The lowest BCUT2D eigenvalue weighted by Gasteiger charge is -2.21. The lowest BCUT2D eigenvalue weighted by atomic mass is 10.1. The molecule has 1 unspecified atom stereocenters. The van der Waals surface area contributed by atoms with E-state index in [1.54, 1.807) is 7.11 Å². The Morgan fingerprint density at radius 2 is 2.06 bits per heavy atom. The van der Waals surface area contributed by atoms with Crippen molar-refractivity contribution in [2.24, 2.45) is 10.9 Å². The number of guanidine groups is 1. The summed E-state index contributed by atoms with van der Waals surface area (Å²) >= 11 is 0. The number of hydrogen-bond donors (Lipinski definition) is 3. The zero-order valence-corrected chi connectivity index (χ0v) is 18.7. The van der Waals surface area contributed by atoms with Gasteiger partial charge in [-0.1, -0.05) is 18.9 Å². The highest BCUT2D eigenvalue weighted by molar-refractivity contribution is 5.81. The van der Waals surface area contributed by atoms with Crippen LogP contribution in [0, 0.1) is 5.92 Å². The quantitative estimate of drug-likeness (QED) is 0.408. The van der Waals surface area contributed by atoms with Crippen LogP contribution in [-0.2, 0) is 11.3 Å². The molecule has 1 saturated heterocycles. The van der Waals surface area contributed by atoms with E-state index in [2.05, 4.69) is 10.6 Å². The van der Waals surface area contributed by atoms with Crippen LogP contribution in [0.15, 0.2) is 23.2 Å². The highest BCUT2D eigenvalue weighted by atomic mass is 16.5. The van der Waals surface area contributed by atoms with Crippen LogP contribution >= 0.6 is 0 Å². The minimum atomic E-state index is -0.0439. The van der Waals surface area contributed by atoms with Crippen LogP contribution in [0.1, 0.15) is 44.6 Å². The van der Waals surface area contributed by atoms with E-state index in [1.807, 2.05) is 30.0 Å². The third-order valence-electron chi connectivity index (χ3n) is 5.89. The van der Waals surface area contributed by atoms with Gasteiger partial charge in [0.2, 0.25) is 5.91 Å². The minimum absolute atomic E-state index is 0.0439. The van der Waals surface area contributed by atoms with Crippen molar-refractivity contribution in [3.05, 3.63) is 23.8 Å². The molecule has 3 N–H and O–H groups in total. The van der Waals surface area contributed by atoms with Gasteiger partial charge in [-0.2, -0.15) is 0 Å². The van der Waals surface area contributed by atoms with Gasteiger partial charge in [-0.05, 0) is 43.9 Å². The first-order chi connectivity index (χ1) is 15.1. The monoisotopic (exact) mass is 432 g/mol. The smallest absolute Gasteiger partial charge is 0.225 e. The molecule has 2 aliphatic rings. The number of aliphatic hydroxyl groups is 1. The van der Waals surface area contributed by atoms with Crippen molar-refractivity contribution < 1.29 is 19.4 Å². The Balaban J connectivity index is 1.57. The summed E-state index contributed by atoms with van der Waals surface area (Å²) in [5.74, 6) is 2.55. The molecule has 1 saturated carbocycles. The predicted octanol–water partition coefficient (Wildman–Crippen LogP) is 1.91. The van der Waals surface area contributed by atoms with Crippen molar-refractivity contribution in [3.63, 3.8) is 0 Å². The van der Waals surface area contributed by atoms with E-state index in [0.717, 1.165) is 50.4 Å². The first kappa shape index (κ1) is 23.2. The predicted molar refractivity (Wildman–Crippen MR) is 120 cm³/mol. The molecule has 0 bridgehead atoms. The van der Waals surface area contributed by atoms with E-state index in [4.69, 9.17) is 19.6 Å². The molecule has 31 heavy (non-hydrogen) atoms. The van der Waals surface area contributed by atoms with Crippen molar-refractivity contribution in [2.45, 2.75) is 51.6 Å². The summed E-state index contributed by atoms with van der Waals surface area (Å²) in [6.45, 7) is 5.03. The van der Waals surface area contributed by atoms with Crippen molar-refractivity contribution in [2.75, 3.05) is 40.0 Å². The molecular weight excluding hydrogens is 396 g/mol. The normalized spacial score (nSPS) is 19.5. The molecule has 1 aliphatic carbocycles. The Kier molecular flexibility index (Phi) is 8.82. The molecule has 3 rings (SSSR count). The summed E-state index contributed by atoms with van der Waals surface area (Å²) in [7, 11) is 1.60. The Morgan fingerprint density at radius 3 is 2.77 bits per heavy atom. The highest BCUT2D eigenvalue weighted by Gasteiger charge is 2.32. The molecule has 0 radical (unpaired) electrons. The van der Waals surface area contributed by atoms with Gasteiger partial charge in [0.25, 0.3) is 0 Å². The van der Waals surface area contributed by atoms with Crippen LogP contribution in [0.25, 0.3) is 0 Å². The van der Waals surface area contributed by atoms with E-state index in [9.17, 15) is 4.79 Å². The summed E-state index contributed by atoms with van der Waals surface area (Å²) in [6, 6.07) is 5.90. The maximum absolute atomic E-state index is 12.7. The van der Waals surface area contributed by atoms with Crippen LogP contribution in [0.3, 0.4) is 0 Å². The first-order valence-corrected chi connectivity index (χ1v) is 11.4. The Hall–Kier alpha value is -2.48. The Labute approximate surface area is 185 Å². The van der Waals surface area contributed by atoms with Gasteiger partial charge >= 0.3 is 0 Å². The van der Waals surface area contributed by atoms with Crippen molar-refractivity contribution in [1.82, 2.24) is 15.5 Å². The first-order valence-electron chi connectivity index (χ1n) is 11.4. The summed E-state index contributed by atoms with van der Waals surface area (Å²) in [6.07, 6.45) is 5.40. The van der Waals surface area contributed by atoms with E-state index in [1.165, 1.54) is 12.8 Å². The molecular formula is C23H36N4O4. The number of likely N-dealkylation sites (tertiary alicyclic amines) is 1. The van der Waals surface area contributed by atoms with Gasteiger partial charge in [-0.3, -0.25) is 4.79 Å². The molecule has 1 aromatic rings. The molecule has 8 nitrogen and oxygen atoms in total. The zero-order chi connectivity index (χ0) is 22.1. The Bertz CT molecular complexity index is 749. The molecule has 1 aliphatic heterocycles. The summed E-state index contributed by atoms with van der Waals surface area (Å²) in [5.41, 5.74) is 0.995. The highest BCUT2D eigenvalue weighted by Crippen LogP contribution is 2.29. The number of ether oxygens (including phenoxy) is 2. The van der Waals surface area contributed by atoms with Crippen LogP contribution in [0.5, 0.6) is 11.5 Å². The lowest BCUT2D eigenvalue weighted by Crippen LogP contribution is -2.45. The number of aliphatic imine (C=N–C) groups is 1. The zero-order valence-electron chi connectivity index (χ0n) is 18.7. The second-order valence-electron chi connectivity index (χ2n) is 8.15. The maximum Gasteiger partial charge on any atom is 0.225 e. The molecule has 2 fully saturated rings. The van der Waals surface area contributed by atoms with Crippen molar-refractivity contribution in [1.29, 1.82) is 0 Å². The lowest BCUT2D eigenvalue weighted by molar-refractivity contribution is -0.134. The summed E-state index contributed by atoms with van der Waals surface area (Å²) < 4.78 is 10.9. The number of carbonyl (C=O) groups excluding carboxylic acids is 1. The Morgan fingerprint density at radius 1 is 1.26 bits per heavy atom. The van der Waals surface area contributed by atoms with Crippen molar-refractivity contribution in [3.8, 4) is 11.5 Å². The molecule has 0 aromatic heterocycles. The van der Waals surface area contributed by atoms with Gasteiger partial charge in [0, 0.05) is 31.6 Å². The SMILES string of the molecule is CCNC(=NCc1ccc(OCCO)c(OC)c1)NC1CCN(C(=O)C2CCCC2)C1. The molecule has 172 valence electrons. The fraction of sp³-hybridized carbons (Fsp3) is 0.652. The van der Waals surface area contributed by atoms with E-state index in [0.29, 0.717) is 24.0 Å². The molecule has 8 heteroatoms. The summed E-state index contributed by atoms with van der Waals surface area (Å²) in [4.78, 5) is 19.4. The van der Waals surface area contributed by atoms with Gasteiger partial charge in [-0.15, -0.1) is 0 Å². The van der Waals surface area contributed by atoms with Gasteiger partial charge in [0.15, 0.2) is 17.5 Å². The van der Waals surface area contributed by atoms with Gasteiger partial charge in [0.05, 0.1) is 20.3 Å². The third-order valence-corrected chi connectivity index (χ3v) is 5.89. The summed E-state index contributed by atoms with van der Waals surface area (Å²) in [5, 5.41) is 15.7. The van der Waals surface area contributed by atoms with Gasteiger partial charge in [0.1, 0.15) is 6.61 Å². The molecule has 1 heterocycles. The number of methoxy groups -OCH3 is 1. The average molecular weight is 433 g/mol. The fourth-order valence-electron chi connectivity index (χ4n) is 4.28. The van der Waals surface area contributed by atoms with E-state index in [-0.39, 0.29) is 25.2 Å². The van der Waals surface area contributed by atoms with E-state index < -0.39 is 0 Å². The van der Waals surface area contributed by atoms with Crippen LogP contribution in [0.4, 0.5) is 0 Å². The number of benzene rings is 1. The number of amides is 1. The number of hydrogen-bond acceptors (Lipinski definition) is 5. The molecule has 1 amide bonds. The standard InChI is InChI=1S/C23H36N4O4/c1-3-24-23(25-15-17-8-9-20(31-13-12-28)21(14-17)30-2)26-19-10-11-27(16-19)22(29)18-6-4-5-7-18/h8-9,14,18-19,28H,3-7,10-13,15-16H2,1-2H3,(H2,24,25,26). The van der Waals surface area contributed by atoms with Crippen molar-refractivity contribution >= 4 is 11.9 Å². The fourth-order valence-corrected chi connectivity index (χ4v) is 4.28. The van der Waals surface area contributed by atoms with E-state index >= 15 is 0 Å². The topological polar surface area (TPSA) is 95.4 Å². The second-order valence-corrected chi connectivity index (χ2v) is 8.15. The minimum Gasteiger partial charge on any atom is -0.493 e. The van der Waals surface area contributed by atoms with Gasteiger partial charge in [-0.25, -0.2) is 4.99 Å². The second kappa shape index (κ2) is 11.8. The van der Waals surface area contributed by atoms with Crippen LogP contribution < -0.4 is 20.1 Å². The molecule has 1 atom stereocenters. The number of rotatable bonds is 9. The van der Waals surface area contributed by atoms with Crippen LogP contribution in [0.2, 0.25) is 0 Å².